The van der Waals surface area contributed by atoms with Crippen LogP contribution in [0.1, 0.15) is 31.2 Å². The standard InChI is InChI=1S/C16H19N3O/c1-10-8-13(16-19-17-9-20-16)6-7-14(10)18-15(11-2-3-11)12-4-5-12/h6-9,11-12,15,18H,2-5H2,1H3. The minimum Gasteiger partial charge on any atom is -0.423 e. The summed E-state index contributed by atoms with van der Waals surface area (Å²) in [4.78, 5) is 0. The Kier molecular flexibility index (Phi) is 2.76. The Morgan fingerprint density at radius 1 is 1.20 bits per heavy atom. The molecule has 20 heavy (non-hydrogen) atoms. The van der Waals surface area contributed by atoms with E-state index in [1.165, 1.54) is 43.3 Å². The predicted octanol–water partition coefficient (Wildman–Crippen LogP) is 3.65. The molecule has 0 atom stereocenters. The van der Waals surface area contributed by atoms with Gasteiger partial charge in [0.15, 0.2) is 0 Å². The molecule has 1 N–H and O–H groups in total. The summed E-state index contributed by atoms with van der Waals surface area (Å²) in [7, 11) is 0. The Morgan fingerprint density at radius 2 is 1.95 bits per heavy atom. The van der Waals surface area contributed by atoms with Crippen molar-refractivity contribution in [2.75, 3.05) is 5.32 Å². The van der Waals surface area contributed by atoms with Crippen LogP contribution in [0, 0.1) is 18.8 Å². The molecule has 0 radical (unpaired) electrons. The third-order valence-electron chi connectivity index (χ3n) is 4.42. The van der Waals surface area contributed by atoms with E-state index < -0.39 is 0 Å². The van der Waals surface area contributed by atoms with E-state index in [4.69, 9.17) is 4.42 Å². The fourth-order valence-corrected chi connectivity index (χ4v) is 2.97. The summed E-state index contributed by atoms with van der Waals surface area (Å²) in [5.41, 5.74) is 3.48. The van der Waals surface area contributed by atoms with Crippen molar-refractivity contribution in [1.29, 1.82) is 0 Å². The van der Waals surface area contributed by atoms with Gasteiger partial charge in [-0.1, -0.05) is 0 Å². The van der Waals surface area contributed by atoms with Crippen LogP contribution < -0.4 is 5.32 Å². The number of hydrogen-bond acceptors (Lipinski definition) is 4. The zero-order valence-electron chi connectivity index (χ0n) is 11.7. The molecule has 0 unspecified atom stereocenters. The lowest BCUT2D eigenvalue weighted by atomic mass is 10.0. The molecule has 2 aliphatic rings. The van der Waals surface area contributed by atoms with Crippen LogP contribution in [0.3, 0.4) is 0 Å². The maximum atomic E-state index is 5.25. The Balaban J connectivity index is 1.56. The van der Waals surface area contributed by atoms with Gasteiger partial charge in [-0.2, -0.15) is 0 Å². The molecule has 4 heteroatoms. The SMILES string of the molecule is Cc1cc(-c2nnco2)ccc1NC(C1CC1)C1CC1. The van der Waals surface area contributed by atoms with Crippen LogP contribution in [-0.4, -0.2) is 16.2 Å². The molecule has 1 heterocycles. The molecule has 104 valence electrons. The molecular formula is C16H19N3O. The van der Waals surface area contributed by atoms with Gasteiger partial charge in [0.1, 0.15) is 0 Å². The molecule has 0 saturated heterocycles. The smallest absolute Gasteiger partial charge is 0.247 e. The lowest BCUT2D eigenvalue weighted by Crippen LogP contribution is -2.24. The fourth-order valence-electron chi connectivity index (χ4n) is 2.97. The van der Waals surface area contributed by atoms with E-state index in [-0.39, 0.29) is 0 Å². The van der Waals surface area contributed by atoms with Crippen LogP contribution in [0.4, 0.5) is 5.69 Å². The minimum absolute atomic E-state index is 0.584. The maximum Gasteiger partial charge on any atom is 0.247 e. The lowest BCUT2D eigenvalue weighted by molar-refractivity contribution is 0.566. The van der Waals surface area contributed by atoms with Crippen LogP contribution in [-0.2, 0) is 0 Å². The highest BCUT2D eigenvalue weighted by molar-refractivity contribution is 5.62. The molecule has 1 aromatic carbocycles. The number of benzene rings is 1. The van der Waals surface area contributed by atoms with Crippen molar-refractivity contribution in [3.8, 4) is 11.5 Å². The normalized spacial score (nSPS) is 18.5. The highest BCUT2D eigenvalue weighted by Crippen LogP contribution is 2.46. The first-order valence-corrected chi connectivity index (χ1v) is 7.45. The molecule has 2 saturated carbocycles. The average molecular weight is 269 g/mol. The van der Waals surface area contributed by atoms with Gasteiger partial charge >= 0.3 is 0 Å². The van der Waals surface area contributed by atoms with Gasteiger partial charge in [0.25, 0.3) is 0 Å². The molecule has 0 bridgehead atoms. The largest absolute Gasteiger partial charge is 0.423 e. The number of anilines is 1. The van der Waals surface area contributed by atoms with E-state index >= 15 is 0 Å². The molecule has 2 aliphatic carbocycles. The number of hydrogen-bond donors (Lipinski definition) is 1. The minimum atomic E-state index is 0.584. The van der Waals surface area contributed by atoms with Gasteiger partial charge in [0.05, 0.1) is 0 Å². The summed E-state index contributed by atoms with van der Waals surface area (Å²) in [6, 6.07) is 7.00. The van der Waals surface area contributed by atoms with E-state index in [0.717, 1.165) is 17.4 Å². The van der Waals surface area contributed by atoms with Crippen molar-refractivity contribution in [2.24, 2.45) is 11.8 Å². The topological polar surface area (TPSA) is 51.0 Å². The summed E-state index contributed by atoms with van der Waals surface area (Å²) in [6.07, 6.45) is 6.95. The number of aryl methyl sites for hydroxylation is 1. The van der Waals surface area contributed by atoms with Crippen molar-refractivity contribution < 1.29 is 4.42 Å². The van der Waals surface area contributed by atoms with Crippen LogP contribution in [0.2, 0.25) is 0 Å². The van der Waals surface area contributed by atoms with Crippen molar-refractivity contribution in [3.63, 3.8) is 0 Å². The van der Waals surface area contributed by atoms with Crippen molar-refractivity contribution >= 4 is 5.69 Å². The summed E-state index contributed by atoms with van der Waals surface area (Å²) in [6.45, 7) is 2.14. The van der Waals surface area contributed by atoms with E-state index in [2.05, 4.69) is 40.6 Å². The second-order valence-electron chi connectivity index (χ2n) is 6.12. The highest BCUT2D eigenvalue weighted by atomic mass is 16.4. The average Bonchev–Trinajstić information content (AvgIpc) is 3.38. The molecule has 1 aromatic heterocycles. The molecule has 0 aliphatic heterocycles. The third kappa shape index (κ3) is 2.30. The van der Waals surface area contributed by atoms with Crippen LogP contribution in [0.15, 0.2) is 29.0 Å². The molecule has 4 nitrogen and oxygen atoms in total. The monoisotopic (exact) mass is 269 g/mol. The Labute approximate surface area is 118 Å². The van der Waals surface area contributed by atoms with Gasteiger partial charge in [-0.05, 0) is 68.2 Å². The predicted molar refractivity (Wildman–Crippen MR) is 77.3 cm³/mol. The number of aromatic nitrogens is 2. The summed E-state index contributed by atoms with van der Waals surface area (Å²) >= 11 is 0. The van der Waals surface area contributed by atoms with Gasteiger partial charge in [0, 0.05) is 17.3 Å². The van der Waals surface area contributed by atoms with E-state index in [1.807, 2.05) is 0 Å². The Morgan fingerprint density at radius 3 is 2.50 bits per heavy atom. The molecule has 0 amide bonds. The zero-order chi connectivity index (χ0) is 13.5. The van der Waals surface area contributed by atoms with Crippen LogP contribution >= 0.6 is 0 Å². The van der Waals surface area contributed by atoms with E-state index in [9.17, 15) is 0 Å². The highest BCUT2D eigenvalue weighted by Gasteiger charge is 2.41. The van der Waals surface area contributed by atoms with Crippen LogP contribution in [0.5, 0.6) is 0 Å². The molecule has 2 fully saturated rings. The number of rotatable bonds is 5. The first kappa shape index (κ1) is 11.9. The second kappa shape index (κ2) is 4.62. The lowest BCUT2D eigenvalue weighted by Gasteiger charge is -2.20. The number of nitrogens with one attached hydrogen (secondary N) is 1. The van der Waals surface area contributed by atoms with Crippen LogP contribution in [0.25, 0.3) is 11.5 Å². The number of nitrogens with zero attached hydrogens (tertiary/aromatic N) is 2. The molecular weight excluding hydrogens is 250 g/mol. The Hall–Kier alpha value is -1.84. The second-order valence-corrected chi connectivity index (χ2v) is 6.12. The van der Waals surface area contributed by atoms with Gasteiger partial charge < -0.3 is 9.73 Å². The molecule has 2 aromatic rings. The van der Waals surface area contributed by atoms with E-state index in [1.54, 1.807) is 0 Å². The summed E-state index contributed by atoms with van der Waals surface area (Å²) in [5, 5.41) is 11.5. The van der Waals surface area contributed by atoms with Gasteiger partial charge in [-0.25, -0.2) is 0 Å². The summed E-state index contributed by atoms with van der Waals surface area (Å²) in [5.74, 6) is 2.38. The first-order valence-electron chi connectivity index (χ1n) is 7.45. The first-order chi connectivity index (χ1) is 9.81. The van der Waals surface area contributed by atoms with Crippen molar-refractivity contribution in [3.05, 3.63) is 30.2 Å². The zero-order valence-corrected chi connectivity index (χ0v) is 11.7. The van der Waals surface area contributed by atoms with Gasteiger partial charge in [0.2, 0.25) is 12.3 Å². The van der Waals surface area contributed by atoms with Gasteiger partial charge in [-0.15, -0.1) is 10.2 Å². The van der Waals surface area contributed by atoms with Crippen molar-refractivity contribution in [1.82, 2.24) is 10.2 Å². The third-order valence-corrected chi connectivity index (χ3v) is 4.42. The molecule has 0 spiro atoms. The fraction of sp³-hybridized carbons (Fsp3) is 0.500. The quantitative estimate of drug-likeness (QED) is 0.900. The van der Waals surface area contributed by atoms with E-state index in [0.29, 0.717) is 11.9 Å². The van der Waals surface area contributed by atoms with Gasteiger partial charge in [-0.3, -0.25) is 0 Å². The summed E-state index contributed by atoms with van der Waals surface area (Å²) < 4.78 is 5.25. The maximum absolute atomic E-state index is 5.25. The molecule has 4 rings (SSSR count). The van der Waals surface area contributed by atoms with Crippen molar-refractivity contribution in [2.45, 2.75) is 38.6 Å². The Bertz CT molecular complexity index is 588.